The van der Waals surface area contributed by atoms with Gasteiger partial charge in [0.25, 0.3) is 0 Å². The van der Waals surface area contributed by atoms with Crippen molar-refractivity contribution in [1.29, 1.82) is 0 Å². The fourth-order valence-corrected chi connectivity index (χ4v) is 2.60. The van der Waals surface area contributed by atoms with Crippen molar-refractivity contribution in [3.8, 4) is 0 Å². The summed E-state index contributed by atoms with van der Waals surface area (Å²) in [6.45, 7) is 11.8. The molecule has 13 heavy (non-hydrogen) atoms. The molecule has 0 rings (SSSR count). The van der Waals surface area contributed by atoms with Crippen LogP contribution in [0.4, 0.5) is 0 Å². The highest BCUT2D eigenvalue weighted by Gasteiger charge is 2.14. The van der Waals surface area contributed by atoms with Crippen LogP contribution in [0.15, 0.2) is 0 Å². The first-order valence-electron chi connectivity index (χ1n) is 5.79. The molecule has 3 unspecified atom stereocenters. The van der Waals surface area contributed by atoms with Gasteiger partial charge in [-0.2, -0.15) is 0 Å². The van der Waals surface area contributed by atoms with Gasteiger partial charge in [-0.25, -0.2) is 0 Å². The van der Waals surface area contributed by atoms with Crippen molar-refractivity contribution in [1.82, 2.24) is 0 Å². The van der Waals surface area contributed by atoms with Crippen molar-refractivity contribution in [2.45, 2.75) is 59.0 Å². The van der Waals surface area contributed by atoms with Gasteiger partial charge in [-0.1, -0.05) is 47.0 Å². The lowest BCUT2D eigenvalue weighted by Gasteiger charge is -2.23. The van der Waals surface area contributed by atoms with Crippen LogP contribution in [-0.2, 0) is 0 Å². The van der Waals surface area contributed by atoms with Gasteiger partial charge in [0.2, 0.25) is 0 Å². The molecule has 0 aliphatic heterocycles. The number of hydrogen-bond donors (Lipinski definition) is 0. The molecule has 0 aromatic carbocycles. The van der Waals surface area contributed by atoms with E-state index in [-0.39, 0.29) is 0 Å². The van der Waals surface area contributed by atoms with E-state index < -0.39 is 0 Å². The molecule has 1 heteroatoms. The summed E-state index contributed by atoms with van der Waals surface area (Å²) in [5, 5.41) is 0. The molecule has 0 N–H and O–H groups in total. The molecule has 80 valence electrons. The Balaban J connectivity index is 3.79. The number of rotatable bonds is 7. The maximum Gasteiger partial charge on any atom is -0.0239 e. The third kappa shape index (κ3) is 6.49. The Morgan fingerprint density at radius 2 is 1.62 bits per heavy atom. The Hall–Kier alpha value is 0.430. The van der Waals surface area contributed by atoms with Gasteiger partial charge < -0.3 is 0 Å². The van der Waals surface area contributed by atoms with Crippen LogP contribution in [0.2, 0.25) is 0 Å². The van der Waals surface area contributed by atoms with Crippen molar-refractivity contribution < 1.29 is 0 Å². The third-order valence-electron chi connectivity index (χ3n) is 2.94. The molecule has 0 saturated heterocycles. The van der Waals surface area contributed by atoms with Crippen LogP contribution in [0.25, 0.3) is 0 Å². The van der Waals surface area contributed by atoms with Crippen LogP contribution < -0.4 is 0 Å². The monoisotopic (exact) mass is 202 g/mol. The summed E-state index contributed by atoms with van der Waals surface area (Å²) in [6, 6.07) is 0. The van der Waals surface area contributed by atoms with Gasteiger partial charge in [-0.05, 0) is 30.6 Å². The van der Waals surface area contributed by atoms with E-state index in [1.807, 2.05) is 0 Å². The minimum absolute atomic E-state index is 0.881. The van der Waals surface area contributed by atoms with Gasteiger partial charge in [0, 0.05) is 0 Å². The van der Waals surface area contributed by atoms with E-state index in [4.69, 9.17) is 0 Å². The molecule has 0 radical (unpaired) electrons. The molecule has 0 bridgehead atoms. The van der Waals surface area contributed by atoms with Gasteiger partial charge in [-0.3, -0.25) is 0 Å². The molecule has 0 aliphatic rings. The maximum absolute atomic E-state index is 2.43. The predicted molar refractivity (Wildman–Crippen MR) is 66.2 cm³/mol. The summed E-state index contributed by atoms with van der Waals surface area (Å²) >= 11 is 0. The summed E-state index contributed by atoms with van der Waals surface area (Å²) in [4.78, 5) is 0. The van der Waals surface area contributed by atoms with Crippen LogP contribution in [0, 0.1) is 11.8 Å². The smallest absolute Gasteiger partial charge is 0.0239 e. The minimum atomic E-state index is 0.881. The zero-order chi connectivity index (χ0) is 10.3. The fourth-order valence-electron chi connectivity index (χ4n) is 1.80. The molecule has 0 fully saturated rings. The van der Waals surface area contributed by atoms with E-state index in [1.54, 1.807) is 0 Å². The van der Waals surface area contributed by atoms with E-state index in [0.717, 1.165) is 26.1 Å². The summed E-state index contributed by atoms with van der Waals surface area (Å²) in [6.07, 6.45) is 5.67. The Kier molecular flexibility index (Phi) is 8.06. The zero-order valence-electron chi connectivity index (χ0n) is 10.1. The topological polar surface area (TPSA) is 0 Å². The average molecular weight is 202 g/mol. The Morgan fingerprint density at radius 1 is 1.00 bits per heavy atom. The average Bonchev–Trinajstić information content (AvgIpc) is 2.10. The fraction of sp³-hybridized carbons (Fsp3) is 1.00. The van der Waals surface area contributed by atoms with E-state index in [1.165, 1.54) is 25.7 Å². The summed E-state index contributed by atoms with van der Waals surface area (Å²) in [7, 11) is 1.13. The standard InChI is InChI=1S/C12H27P/c1-6-7-12(11(4)13-5)9-8-10(2)3/h10-13H,6-9H2,1-5H3. The van der Waals surface area contributed by atoms with E-state index in [9.17, 15) is 0 Å². The van der Waals surface area contributed by atoms with Crippen molar-refractivity contribution in [3.05, 3.63) is 0 Å². The second kappa shape index (κ2) is 7.80. The van der Waals surface area contributed by atoms with E-state index in [0.29, 0.717) is 0 Å². The van der Waals surface area contributed by atoms with Gasteiger partial charge in [0.15, 0.2) is 0 Å². The molecule has 0 aromatic rings. The third-order valence-corrected chi connectivity index (χ3v) is 4.32. The minimum Gasteiger partial charge on any atom is -0.122 e. The Morgan fingerprint density at radius 3 is 2.00 bits per heavy atom. The SMILES string of the molecule is CCCC(CCC(C)C)C(C)PC. The molecule has 0 heterocycles. The van der Waals surface area contributed by atoms with Crippen LogP contribution in [0.3, 0.4) is 0 Å². The normalized spacial score (nSPS) is 17.1. The predicted octanol–water partition coefficient (Wildman–Crippen LogP) is 4.54. The largest absolute Gasteiger partial charge is 0.122 e. The van der Waals surface area contributed by atoms with Crippen molar-refractivity contribution >= 4 is 8.58 Å². The lowest BCUT2D eigenvalue weighted by molar-refractivity contribution is 0.394. The van der Waals surface area contributed by atoms with Crippen LogP contribution in [0.1, 0.15) is 53.4 Å². The molecule has 0 aromatic heterocycles. The molecule has 0 aliphatic carbocycles. The molecule has 0 saturated carbocycles. The summed E-state index contributed by atoms with van der Waals surface area (Å²) in [5.74, 6) is 1.88. The van der Waals surface area contributed by atoms with Gasteiger partial charge >= 0.3 is 0 Å². The van der Waals surface area contributed by atoms with Crippen molar-refractivity contribution in [2.24, 2.45) is 11.8 Å². The molecule has 3 atom stereocenters. The molecular weight excluding hydrogens is 175 g/mol. The first kappa shape index (κ1) is 13.4. The van der Waals surface area contributed by atoms with Crippen LogP contribution >= 0.6 is 8.58 Å². The number of hydrogen-bond acceptors (Lipinski definition) is 0. The van der Waals surface area contributed by atoms with Gasteiger partial charge in [0.1, 0.15) is 0 Å². The highest BCUT2D eigenvalue weighted by atomic mass is 31.1. The van der Waals surface area contributed by atoms with E-state index in [2.05, 4.69) is 34.4 Å². The lowest BCUT2D eigenvalue weighted by atomic mass is 9.92. The zero-order valence-corrected chi connectivity index (χ0v) is 11.1. The maximum atomic E-state index is 2.43. The van der Waals surface area contributed by atoms with Crippen LogP contribution in [-0.4, -0.2) is 12.3 Å². The lowest BCUT2D eigenvalue weighted by Crippen LogP contribution is -2.13. The Labute approximate surface area is 86.7 Å². The summed E-state index contributed by atoms with van der Waals surface area (Å²) in [5.41, 5.74) is 0.957. The molecular formula is C12H27P. The second-order valence-corrected chi connectivity index (χ2v) is 6.09. The molecule has 0 amide bonds. The highest BCUT2D eigenvalue weighted by Crippen LogP contribution is 2.30. The second-order valence-electron chi connectivity index (χ2n) is 4.60. The van der Waals surface area contributed by atoms with Crippen molar-refractivity contribution in [2.75, 3.05) is 6.66 Å². The molecule has 0 nitrogen and oxygen atoms in total. The first-order valence-corrected chi connectivity index (χ1v) is 7.36. The molecule has 0 spiro atoms. The Bertz CT molecular complexity index is 110. The summed E-state index contributed by atoms with van der Waals surface area (Å²) < 4.78 is 0. The quantitative estimate of drug-likeness (QED) is 0.532. The van der Waals surface area contributed by atoms with Gasteiger partial charge in [0.05, 0.1) is 0 Å². The van der Waals surface area contributed by atoms with E-state index >= 15 is 0 Å². The van der Waals surface area contributed by atoms with Crippen molar-refractivity contribution in [3.63, 3.8) is 0 Å². The highest BCUT2D eigenvalue weighted by molar-refractivity contribution is 7.37. The first-order chi connectivity index (χ1) is 6.11. The van der Waals surface area contributed by atoms with Gasteiger partial charge in [-0.15, -0.1) is 8.58 Å². The van der Waals surface area contributed by atoms with Crippen LogP contribution in [0.5, 0.6) is 0 Å².